The molecule has 4 heteroatoms. The first-order valence-electron chi connectivity index (χ1n) is 4.15. The zero-order chi connectivity index (χ0) is 10.0. The molecule has 0 spiro atoms. The van der Waals surface area contributed by atoms with Gasteiger partial charge in [0, 0.05) is 7.05 Å². The second kappa shape index (κ2) is 3.60. The summed E-state index contributed by atoms with van der Waals surface area (Å²) in [6.07, 6.45) is 2.30. The van der Waals surface area contributed by atoms with Gasteiger partial charge in [-0.25, -0.2) is 4.79 Å². The topological polar surface area (TPSA) is 46.6 Å². The summed E-state index contributed by atoms with van der Waals surface area (Å²) in [5.74, 6) is -1.35. The van der Waals surface area contributed by atoms with Crippen molar-refractivity contribution < 1.29 is 14.4 Å². The summed E-state index contributed by atoms with van der Waals surface area (Å²) in [6.45, 7) is 3.85. The molecule has 1 aliphatic rings. The molecule has 1 rings (SSSR count). The van der Waals surface area contributed by atoms with E-state index in [1.54, 1.807) is 0 Å². The Hall–Kier alpha value is -1.32. The van der Waals surface area contributed by atoms with Crippen LogP contribution in [0.5, 0.6) is 0 Å². The van der Waals surface area contributed by atoms with Crippen LogP contribution in [0.4, 0.5) is 0 Å². The van der Waals surface area contributed by atoms with E-state index in [-0.39, 0.29) is 5.91 Å². The average molecular weight is 183 g/mol. The lowest BCUT2D eigenvalue weighted by Crippen LogP contribution is -2.21. The molecule has 0 N–H and O–H groups in total. The van der Waals surface area contributed by atoms with Crippen LogP contribution in [0.2, 0.25) is 0 Å². The molecule has 0 aromatic heterocycles. The summed E-state index contributed by atoms with van der Waals surface area (Å²) in [4.78, 5) is 27.0. The fraction of sp³-hybridized carbons (Fsp3) is 0.556. The van der Waals surface area contributed by atoms with Crippen LogP contribution >= 0.6 is 0 Å². The average Bonchev–Trinajstić information content (AvgIpc) is 2.24. The summed E-state index contributed by atoms with van der Waals surface area (Å²) in [6, 6.07) is 0. The van der Waals surface area contributed by atoms with Gasteiger partial charge in [0.2, 0.25) is 0 Å². The third kappa shape index (κ3) is 2.08. The Bertz CT molecular complexity index is 266. The molecule has 1 atom stereocenters. The normalized spacial score (nSPS) is 21.8. The zero-order valence-electron chi connectivity index (χ0n) is 8.03. The minimum absolute atomic E-state index is 0.262. The highest BCUT2D eigenvalue weighted by molar-refractivity contribution is 6.01. The number of hydrogen-bond donors (Lipinski definition) is 0. The molecular formula is C9H13NO3. The summed E-state index contributed by atoms with van der Waals surface area (Å²) in [5.41, 5.74) is 1.09. The Morgan fingerprint density at radius 1 is 1.54 bits per heavy atom. The fourth-order valence-electron chi connectivity index (χ4n) is 1.11. The zero-order valence-corrected chi connectivity index (χ0v) is 8.03. The largest absolute Gasteiger partial charge is 0.345 e. The third-order valence-corrected chi connectivity index (χ3v) is 1.88. The van der Waals surface area contributed by atoms with Crippen molar-refractivity contribution >= 4 is 11.9 Å². The van der Waals surface area contributed by atoms with E-state index in [0.717, 1.165) is 10.6 Å². The van der Waals surface area contributed by atoms with Crippen LogP contribution in [-0.2, 0) is 14.4 Å². The predicted octanol–water partition coefficient (Wildman–Crippen LogP) is 0.889. The molecule has 0 aliphatic carbocycles. The molecule has 1 aliphatic heterocycles. The Morgan fingerprint density at radius 2 is 2.15 bits per heavy atom. The second-order valence-corrected chi connectivity index (χ2v) is 3.32. The van der Waals surface area contributed by atoms with Gasteiger partial charge < -0.3 is 4.84 Å². The number of hydrogen-bond acceptors (Lipinski definition) is 3. The Morgan fingerprint density at radius 3 is 2.54 bits per heavy atom. The Balaban J connectivity index is 2.65. The maximum atomic E-state index is 11.3. The van der Waals surface area contributed by atoms with E-state index in [9.17, 15) is 9.59 Å². The Labute approximate surface area is 77.1 Å². The van der Waals surface area contributed by atoms with Gasteiger partial charge in [0.15, 0.2) is 0 Å². The predicted molar refractivity (Wildman–Crippen MR) is 46.4 cm³/mol. The van der Waals surface area contributed by atoms with Gasteiger partial charge in [0.25, 0.3) is 5.91 Å². The summed E-state index contributed by atoms with van der Waals surface area (Å²) < 4.78 is 0. The minimum atomic E-state index is -0.639. The lowest BCUT2D eigenvalue weighted by atomic mass is 10.0. The van der Waals surface area contributed by atoms with Gasteiger partial charge >= 0.3 is 5.97 Å². The molecule has 0 aromatic carbocycles. The van der Waals surface area contributed by atoms with E-state index in [0.29, 0.717) is 6.42 Å². The molecule has 1 unspecified atom stereocenters. The highest BCUT2D eigenvalue weighted by atomic mass is 16.7. The van der Waals surface area contributed by atoms with Crippen LogP contribution in [0, 0.1) is 5.92 Å². The molecule has 1 fully saturated rings. The Kier molecular flexibility index (Phi) is 2.70. The highest BCUT2D eigenvalue weighted by Gasteiger charge is 2.38. The van der Waals surface area contributed by atoms with Crippen molar-refractivity contribution in [3.63, 3.8) is 0 Å². The van der Waals surface area contributed by atoms with E-state index in [1.165, 1.54) is 7.05 Å². The van der Waals surface area contributed by atoms with E-state index in [4.69, 9.17) is 0 Å². The molecule has 0 saturated carbocycles. The van der Waals surface area contributed by atoms with Crippen molar-refractivity contribution in [1.29, 1.82) is 0 Å². The first-order chi connectivity index (χ1) is 6.02. The number of nitrogens with zero attached hydrogens (tertiary/aromatic N) is 1. The van der Waals surface area contributed by atoms with E-state index in [2.05, 4.69) is 4.84 Å². The molecule has 0 radical (unpaired) electrons. The van der Waals surface area contributed by atoms with Crippen molar-refractivity contribution in [2.45, 2.75) is 20.3 Å². The first kappa shape index (κ1) is 9.77. The van der Waals surface area contributed by atoms with Crippen LogP contribution in [0.25, 0.3) is 0 Å². The number of carbonyl (C=O) groups excluding carboxylic acids is 2. The quantitative estimate of drug-likeness (QED) is 0.471. The smallest absolute Gasteiger partial charge is 0.337 e. The van der Waals surface area contributed by atoms with Crippen molar-refractivity contribution in [2.24, 2.45) is 5.92 Å². The maximum Gasteiger partial charge on any atom is 0.345 e. The molecule has 1 saturated heterocycles. The van der Waals surface area contributed by atoms with E-state index < -0.39 is 11.9 Å². The number of hydroxylamine groups is 2. The first-order valence-corrected chi connectivity index (χ1v) is 4.15. The number of rotatable bonds is 2. The molecule has 0 aromatic rings. The van der Waals surface area contributed by atoms with Crippen LogP contribution in [0.3, 0.4) is 0 Å². The van der Waals surface area contributed by atoms with Crippen LogP contribution in [0.15, 0.2) is 11.6 Å². The van der Waals surface area contributed by atoms with Crippen LogP contribution in [-0.4, -0.2) is 24.0 Å². The lowest BCUT2D eigenvalue weighted by Gasteiger charge is -2.02. The molecule has 4 nitrogen and oxygen atoms in total. The van der Waals surface area contributed by atoms with Gasteiger partial charge in [0.05, 0.1) is 0 Å². The lowest BCUT2D eigenvalue weighted by molar-refractivity contribution is -0.172. The summed E-state index contributed by atoms with van der Waals surface area (Å²) in [7, 11) is 1.45. The number of carbonyl (C=O) groups is 2. The van der Waals surface area contributed by atoms with Gasteiger partial charge in [-0.1, -0.05) is 11.6 Å². The van der Waals surface area contributed by atoms with Crippen molar-refractivity contribution in [3.8, 4) is 0 Å². The molecular weight excluding hydrogens is 170 g/mol. The maximum absolute atomic E-state index is 11.3. The summed E-state index contributed by atoms with van der Waals surface area (Å²) in [5, 5.41) is 0.992. The van der Waals surface area contributed by atoms with Gasteiger partial charge in [-0.15, -0.1) is 0 Å². The van der Waals surface area contributed by atoms with Crippen LogP contribution in [0.1, 0.15) is 20.3 Å². The summed E-state index contributed by atoms with van der Waals surface area (Å²) >= 11 is 0. The fourth-order valence-corrected chi connectivity index (χ4v) is 1.11. The van der Waals surface area contributed by atoms with Crippen LogP contribution < -0.4 is 0 Å². The molecule has 0 bridgehead atoms. The van der Waals surface area contributed by atoms with Crippen molar-refractivity contribution in [1.82, 2.24) is 5.06 Å². The van der Waals surface area contributed by atoms with Crippen molar-refractivity contribution in [2.75, 3.05) is 7.05 Å². The number of allylic oxidation sites excluding steroid dienone is 2. The van der Waals surface area contributed by atoms with E-state index in [1.807, 2.05) is 19.9 Å². The molecule has 13 heavy (non-hydrogen) atoms. The molecule has 1 amide bonds. The molecule has 72 valence electrons. The number of amides is 1. The van der Waals surface area contributed by atoms with Gasteiger partial charge in [-0.2, -0.15) is 5.06 Å². The van der Waals surface area contributed by atoms with Gasteiger partial charge in [-0.05, 0) is 20.3 Å². The third-order valence-electron chi connectivity index (χ3n) is 1.88. The van der Waals surface area contributed by atoms with E-state index >= 15 is 0 Å². The van der Waals surface area contributed by atoms with Gasteiger partial charge in [-0.3, -0.25) is 4.79 Å². The molecule has 1 heterocycles. The second-order valence-electron chi connectivity index (χ2n) is 3.32. The standard InChI is InChI=1S/C9H13NO3/c1-6(2)4-5-7-8(11)10(3)13-9(7)12/h4,7H,5H2,1-3H3. The van der Waals surface area contributed by atoms with Crippen molar-refractivity contribution in [3.05, 3.63) is 11.6 Å². The minimum Gasteiger partial charge on any atom is -0.337 e. The van der Waals surface area contributed by atoms with Gasteiger partial charge in [0.1, 0.15) is 5.92 Å². The highest BCUT2D eigenvalue weighted by Crippen LogP contribution is 2.18. The monoisotopic (exact) mass is 183 g/mol. The SMILES string of the molecule is CC(C)=CCC1C(=O)ON(C)C1=O.